The number of hydrogen-bond acceptors (Lipinski definition) is 8. The first-order chi connectivity index (χ1) is 14.6. The molecule has 10 heteroatoms. The molecule has 0 saturated carbocycles. The van der Waals surface area contributed by atoms with Crippen molar-refractivity contribution in [2.45, 2.75) is 13.0 Å². The highest BCUT2D eigenvalue weighted by molar-refractivity contribution is 6.33. The molecule has 0 radical (unpaired) electrons. The third-order valence-electron chi connectivity index (χ3n) is 5.27. The number of aromatic nitrogens is 2. The van der Waals surface area contributed by atoms with E-state index in [4.69, 9.17) is 25.5 Å². The van der Waals surface area contributed by atoms with Crippen LogP contribution in [0.4, 0.5) is 5.95 Å². The fourth-order valence-electron chi connectivity index (χ4n) is 3.64. The molecule has 162 valence electrons. The van der Waals surface area contributed by atoms with Crippen LogP contribution in [0.5, 0.6) is 0 Å². The third-order valence-corrected chi connectivity index (χ3v) is 5.55. The van der Waals surface area contributed by atoms with Crippen molar-refractivity contribution in [3.05, 3.63) is 40.6 Å². The lowest BCUT2D eigenvalue weighted by Crippen LogP contribution is -2.44. The van der Waals surface area contributed by atoms with Crippen molar-refractivity contribution in [3.8, 4) is 0 Å². The fraction of sp³-hybridized carbons (Fsp3) is 0.550. The zero-order valence-electron chi connectivity index (χ0n) is 17.0. The van der Waals surface area contributed by atoms with Gasteiger partial charge in [0.2, 0.25) is 5.95 Å². The van der Waals surface area contributed by atoms with Crippen LogP contribution in [0.25, 0.3) is 0 Å². The third kappa shape index (κ3) is 4.92. The highest BCUT2D eigenvalue weighted by atomic mass is 35.5. The van der Waals surface area contributed by atoms with Gasteiger partial charge in [-0.2, -0.15) is 0 Å². The predicted octanol–water partition coefficient (Wildman–Crippen LogP) is 1.67. The number of morpholine rings is 2. The van der Waals surface area contributed by atoms with E-state index in [0.29, 0.717) is 52.0 Å². The summed E-state index contributed by atoms with van der Waals surface area (Å²) in [4.78, 5) is 25.9. The Bertz CT molecular complexity index is 865. The lowest BCUT2D eigenvalue weighted by atomic mass is 10.1. The maximum atomic E-state index is 12.9. The zero-order chi connectivity index (χ0) is 20.9. The van der Waals surface area contributed by atoms with Gasteiger partial charge < -0.3 is 24.1 Å². The predicted molar refractivity (Wildman–Crippen MR) is 111 cm³/mol. The van der Waals surface area contributed by atoms with Gasteiger partial charge in [0.1, 0.15) is 11.5 Å². The number of rotatable bonds is 6. The van der Waals surface area contributed by atoms with Gasteiger partial charge in [0.25, 0.3) is 5.91 Å². The smallest absolute Gasteiger partial charge is 0.271 e. The SMILES string of the molecule is Cc1ccc([C@H](CNC(=O)c2nc(N3CCOCC3)ncc2Cl)N2CCOCC2)o1. The van der Waals surface area contributed by atoms with E-state index < -0.39 is 0 Å². The summed E-state index contributed by atoms with van der Waals surface area (Å²) in [6, 6.07) is 3.79. The summed E-state index contributed by atoms with van der Waals surface area (Å²) in [6.07, 6.45) is 1.48. The average Bonchev–Trinajstić information content (AvgIpc) is 3.21. The maximum absolute atomic E-state index is 12.9. The van der Waals surface area contributed by atoms with Crippen molar-refractivity contribution in [3.63, 3.8) is 0 Å². The molecule has 1 atom stereocenters. The number of anilines is 1. The Morgan fingerprint density at radius 3 is 2.53 bits per heavy atom. The molecule has 0 bridgehead atoms. The van der Waals surface area contributed by atoms with Gasteiger partial charge in [-0.15, -0.1) is 0 Å². The van der Waals surface area contributed by atoms with Gasteiger partial charge >= 0.3 is 0 Å². The van der Waals surface area contributed by atoms with E-state index in [-0.39, 0.29) is 22.7 Å². The summed E-state index contributed by atoms with van der Waals surface area (Å²) in [5.74, 6) is 1.80. The van der Waals surface area contributed by atoms with Crippen LogP contribution in [0, 0.1) is 6.92 Å². The van der Waals surface area contributed by atoms with E-state index in [1.165, 1.54) is 6.20 Å². The van der Waals surface area contributed by atoms with E-state index in [2.05, 4.69) is 20.2 Å². The van der Waals surface area contributed by atoms with Crippen LogP contribution in [0.2, 0.25) is 5.02 Å². The molecule has 4 rings (SSSR count). The molecule has 30 heavy (non-hydrogen) atoms. The number of hydrogen-bond donors (Lipinski definition) is 1. The van der Waals surface area contributed by atoms with Crippen LogP contribution in [0.15, 0.2) is 22.7 Å². The maximum Gasteiger partial charge on any atom is 0.271 e. The number of furan rings is 1. The minimum atomic E-state index is -0.335. The normalized spacial score (nSPS) is 18.9. The van der Waals surface area contributed by atoms with Crippen molar-refractivity contribution in [1.29, 1.82) is 0 Å². The van der Waals surface area contributed by atoms with E-state index >= 15 is 0 Å². The summed E-state index contributed by atoms with van der Waals surface area (Å²) < 4.78 is 16.7. The Hall–Kier alpha value is -2.20. The standard InChI is InChI=1S/C20H26ClN5O4/c1-14-2-3-17(30-14)16(25-4-8-28-9-5-25)13-22-19(27)18-15(21)12-23-20(24-18)26-6-10-29-11-7-26/h2-3,12,16H,4-11,13H2,1H3,(H,22,27)/t16-/m0/s1. The van der Waals surface area contributed by atoms with Crippen LogP contribution in [0.1, 0.15) is 28.1 Å². The van der Waals surface area contributed by atoms with Crippen LogP contribution < -0.4 is 10.2 Å². The van der Waals surface area contributed by atoms with Crippen LogP contribution >= 0.6 is 11.6 Å². The van der Waals surface area contributed by atoms with Crippen LogP contribution in [-0.4, -0.2) is 79.9 Å². The van der Waals surface area contributed by atoms with Gasteiger partial charge in [-0.05, 0) is 19.1 Å². The van der Waals surface area contributed by atoms with Crippen molar-refractivity contribution in [2.24, 2.45) is 0 Å². The summed E-state index contributed by atoms with van der Waals surface area (Å²) >= 11 is 6.24. The Kier molecular flexibility index (Phi) is 6.83. The Morgan fingerprint density at radius 1 is 1.17 bits per heavy atom. The number of ether oxygens (including phenoxy) is 2. The topological polar surface area (TPSA) is 93.0 Å². The number of nitrogens with zero attached hydrogens (tertiary/aromatic N) is 4. The number of carbonyl (C=O) groups excluding carboxylic acids is 1. The first kappa shape index (κ1) is 21.0. The summed E-state index contributed by atoms with van der Waals surface area (Å²) in [5.41, 5.74) is 0.171. The van der Waals surface area contributed by atoms with Gasteiger partial charge in [-0.1, -0.05) is 11.6 Å². The van der Waals surface area contributed by atoms with E-state index in [1.807, 2.05) is 24.0 Å². The lowest BCUT2D eigenvalue weighted by Gasteiger charge is -2.33. The summed E-state index contributed by atoms with van der Waals surface area (Å²) in [6.45, 7) is 7.72. The van der Waals surface area contributed by atoms with Crippen molar-refractivity contribution in [2.75, 3.05) is 64.1 Å². The van der Waals surface area contributed by atoms with Gasteiger partial charge in [0, 0.05) is 32.7 Å². The first-order valence-electron chi connectivity index (χ1n) is 10.1. The average molecular weight is 436 g/mol. The minimum absolute atomic E-state index is 0.0918. The molecular formula is C20H26ClN5O4. The molecule has 2 aliphatic rings. The number of nitrogens with one attached hydrogen (secondary N) is 1. The van der Waals surface area contributed by atoms with Crippen molar-refractivity contribution >= 4 is 23.5 Å². The molecule has 0 aromatic carbocycles. The monoisotopic (exact) mass is 435 g/mol. The fourth-order valence-corrected chi connectivity index (χ4v) is 3.81. The Labute approximate surface area is 180 Å². The second kappa shape index (κ2) is 9.74. The molecule has 2 aromatic heterocycles. The molecule has 2 fully saturated rings. The second-order valence-electron chi connectivity index (χ2n) is 7.29. The molecule has 0 spiro atoms. The Balaban J connectivity index is 1.47. The van der Waals surface area contributed by atoms with E-state index in [1.54, 1.807) is 0 Å². The Morgan fingerprint density at radius 2 is 1.87 bits per heavy atom. The molecule has 2 aromatic rings. The first-order valence-corrected chi connectivity index (χ1v) is 10.5. The van der Waals surface area contributed by atoms with Gasteiger partial charge in [0.15, 0.2) is 5.69 Å². The van der Waals surface area contributed by atoms with Crippen LogP contribution in [0.3, 0.4) is 0 Å². The van der Waals surface area contributed by atoms with Gasteiger partial charge in [-0.3, -0.25) is 9.69 Å². The molecule has 2 aliphatic heterocycles. The molecule has 4 heterocycles. The number of carbonyl (C=O) groups is 1. The molecule has 1 N–H and O–H groups in total. The zero-order valence-corrected chi connectivity index (χ0v) is 17.7. The van der Waals surface area contributed by atoms with Crippen molar-refractivity contribution < 1.29 is 18.7 Å². The molecule has 0 aliphatic carbocycles. The molecule has 2 saturated heterocycles. The molecule has 0 unspecified atom stereocenters. The highest BCUT2D eigenvalue weighted by Crippen LogP contribution is 2.24. The quantitative estimate of drug-likeness (QED) is 0.732. The largest absolute Gasteiger partial charge is 0.465 e. The van der Waals surface area contributed by atoms with E-state index in [9.17, 15) is 4.79 Å². The second-order valence-corrected chi connectivity index (χ2v) is 7.70. The molecule has 9 nitrogen and oxygen atoms in total. The number of aryl methyl sites for hydroxylation is 1. The van der Waals surface area contributed by atoms with Crippen LogP contribution in [-0.2, 0) is 9.47 Å². The molecule has 1 amide bonds. The summed E-state index contributed by atoms with van der Waals surface area (Å²) in [5, 5.41) is 3.20. The lowest BCUT2D eigenvalue weighted by molar-refractivity contribution is 0.0117. The van der Waals surface area contributed by atoms with Gasteiger partial charge in [0.05, 0.1) is 43.7 Å². The minimum Gasteiger partial charge on any atom is -0.465 e. The summed E-state index contributed by atoms with van der Waals surface area (Å²) in [7, 11) is 0. The molecular weight excluding hydrogens is 410 g/mol. The van der Waals surface area contributed by atoms with Crippen molar-refractivity contribution in [1.82, 2.24) is 20.2 Å². The number of amides is 1. The van der Waals surface area contributed by atoms with E-state index in [0.717, 1.165) is 24.6 Å². The van der Waals surface area contributed by atoms with Gasteiger partial charge in [-0.25, -0.2) is 9.97 Å². The highest BCUT2D eigenvalue weighted by Gasteiger charge is 2.27. The number of halogens is 1.